The van der Waals surface area contributed by atoms with Crippen LogP contribution >= 0.6 is 0 Å². The van der Waals surface area contributed by atoms with Crippen molar-refractivity contribution in [1.29, 1.82) is 0 Å². The van der Waals surface area contributed by atoms with Crippen LogP contribution in [0.3, 0.4) is 0 Å². The Kier molecular flexibility index (Phi) is 3.28. The fourth-order valence-electron chi connectivity index (χ4n) is 1.97. The first-order chi connectivity index (χ1) is 8.10. The Balaban J connectivity index is 2.00. The summed E-state index contributed by atoms with van der Waals surface area (Å²) < 4.78 is 18.2. The molecule has 1 fully saturated rings. The average Bonchev–Trinajstić information content (AvgIpc) is 2.22. The lowest BCUT2D eigenvalue weighted by Crippen LogP contribution is -2.49. The molecule has 0 aromatic heterocycles. The molecule has 4 nitrogen and oxygen atoms in total. The molecule has 0 aliphatic carbocycles. The number of hydrogen-bond acceptors (Lipinski definition) is 3. The first-order valence-electron chi connectivity index (χ1n) is 5.37. The third-order valence-electron chi connectivity index (χ3n) is 2.94. The third-order valence-corrected chi connectivity index (χ3v) is 2.94. The minimum atomic E-state index is -0.771. The maximum atomic E-state index is 13.1. The van der Waals surface area contributed by atoms with E-state index >= 15 is 0 Å². The van der Waals surface area contributed by atoms with Gasteiger partial charge in [-0.05, 0) is 18.2 Å². The molecule has 1 saturated heterocycles. The van der Waals surface area contributed by atoms with Gasteiger partial charge in [0.15, 0.2) is 0 Å². The summed E-state index contributed by atoms with van der Waals surface area (Å²) in [5.74, 6) is -0.747. The van der Waals surface area contributed by atoms with Gasteiger partial charge in [-0.1, -0.05) is 0 Å². The largest absolute Gasteiger partial charge is 0.496 e. The molecular weight excluding hydrogens is 225 g/mol. The number of carbonyl (C=O) groups is 1. The molecule has 2 rings (SSSR count). The van der Waals surface area contributed by atoms with Crippen molar-refractivity contribution in [3.63, 3.8) is 0 Å². The maximum Gasteiger partial charge on any atom is 0.309 e. The van der Waals surface area contributed by atoms with E-state index in [0.29, 0.717) is 25.4 Å². The Morgan fingerprint density at radius 2 is 2.29 bits per heavy atom. The van der Waals surface area contributed by atoms with Gasteiger partial charge in [-0.2, -0.15) is 0 Å². The number of hydrogen-bond donors (Lipinski definition) is 1. The van der Waals surface area contributed by atoms with Gasteiger partial charge in [0.25, 0.3) is 0 Å². The Hall–Kier alpha value is -1.62. The molecule has 5 heteroatoms. The van der Waals surface area contributed by atoms with Crippen molar-refractivity contribution in [2.45, 2.75) is 6.54 Å². The summed E-state index contributed by atoms with van der Waals surface area (Å²) in [6.07, 6.45) is 0. The van der Waals surface area contributed by atoms with Crippen LogP contribution in [0.4, 0.5) is 4.39 Å². The van der Waals surface area contributed by atoms with Gasteiger partial charge < -0.3 is 9.84 Å². The highest BCUT2D eigenvalue weighted by molar-refractivity contribution is 5.71. The van der Waals surface area contributed by atoms with E-state index in [1.807, 2.05) is 4.90 Å². The standard InChI is InChI=1S/C12H14FNO3/c1-17-11-3-2-10(13)4-8(11)5-14-6-9(7-14)12(15)16/h2-4,9H,5-7H2,1H3,(H,15,16). The quantitative estimate of drug-likeness (QED) is 0.861. The Morgan fingerprint density at radius 3 is 2.88 bits per heavy atom. The van der Waals surface area contributed by atoms with Gasteiger partial charge in [-0.15, -0.1) is 0 Å². The second-order valence-corrected chi connectivity index (χ2v) is 4.19. The van der Waals surface area contributed by atoms with Crippen LogP contribution in [0.15, 0.2) is 18.2 Å². The third kappa shape index (κ3) is 2.55. The summed E-state index contributed by atoms with van der Waals surface area (Å²) in [4.78, 5) is 12.6. The Labute approximate surface area is 98.6 Å². The van der Waals surface area contributed by atoms with Crippen molar-refractivity contribution in [3.8, 4) is 5.75 Å². The number of halogens is 1. The monoisotopic (exact) mass is 239 g/mol. The molecule has 1 aromatic rings. The maximum absolute atomic E-state index is 13.1. The molecule has 0 amide bonds. The smallest absolute Gasteiger partial charge is 0.309 e. The highest BCUT2D eigenvalue weighted by Crippen LogP contribution is 2.25. The molecule has 1 heterocycles. The summed E-state index contributed by atoms with van der Waals surface area (Å²) in [5.41, 5.74) is 0.747. The fraction of sp³-hybridized carbons (Fsp3) is 0.417. The number of likely N-dealkylation sites (tertiary alicyclic amines) is 1. The molecule has 0 atom stereocenters. The predicted molar refractivity (Wildman–Crippen MR) is 59.4 cm³/mol. The van der Waals surface area contributed by atoms with E-state index in [0.717, 1.165) is 5.56 Å². The molecule has 1 aliphatic rings. The van der Waals surface area contributed by atoms with Crippen LogP contribution in [-0.2, 0) is 11.3 Å². The average molecular weight is 239 g/mol. The molecule has 92 valence electrons. The number of aliphatic carboxylic acids is 1. The van der Waals surface area contributed by atoms with Crippen LogP contribution < -0.4 is 4.74 Å². The van der Waals surface area contributed by atoms with Crippen molar-refractivity contribution in [2.24, 2.45) is 5.92 Å². The number of rotatable bonds is 4. The van der Waals surface area contributed by atoms with Crippen molar-refractivity contribution in [3.05, 3.63) is 29.6 Å². The second kappa shape index (κ2) is 4.71. The zero-order chi connectivity index (χ0) is 12.4. The fourth-order valence-corrected chi connectivity index (χ4v) is 1.97. The SMILES string of the molecule is COc1ccc(F)cc1CN1CC(C(=O)O)C1. The van der Waals surface area contributed by atoms with E-state index in [4.69, 9.17) is 9.84 Å². The lowest BCUT2D eigenvalue weighted by atomic mass is 9.99. The van der Waals surface area contributed by atoms with Gasteiger partial charge >= 0.3 is 5.97 Å². The van der Waals surface area contributed by atoms with E-state index in [1.165, 1.54) is 19.2 Å². The van der Waals surface area contributed by atoms with Crippen molar-refractivity contribution >= 4 is 5.97 Å². The first kappa shape index (κ1) is 11.9. The van der Waals surface area contributed by atoms with E-state index < -0.39 is 5.97 Å². The molecule has 0 bridgehead atoms. The zero-order valence-electron chi connectivity index (χ0n) is 9.52. The number of benzene rings is 1. The molecule has 1 aromatic carbocycles. The van der Waals surface area contributed by atoms with Crippen LogP contribution in [0, 0.1) is 11.7 Å². The van der Waals surface area contributed by atoms with Gasteiger partial charge in [0, 0.05) is 25.2 Å². The zero-order valence-corrected chi connectivity index (χ0v) is 9.52. The first-order valence-corrected chi connectivity index (χ1v) is 5.37. The van der Waals surface area contributed by atoms with E-state index in [2.05, 4.69) is 0 Å². The predicted octanol–water partition coefficient (Wildman–Crippen LogP) is 1.35. The molecule has 1 N–H and O–H groups in total. The van der Waals surface area contributed by atoms with Gasteiger partial charge in [-0.25, -0.2) is 4.39 Å². The van der Waals surface area contributed by atoms with Crippen LogP contribution in [0.2, 0.25) is 0 Å². The van der Waals surface area contributed by atoms with Crippen LogP contribution in [-0.4, -0.2) is 36.2 Å². The normalized spacial score (nSPS) is 16.6. The summed E-state index contributed by atoms with van der Waals surface area (Å²) in [5, 5.41) is 8.75. The molecule has 1 aliphatic heterocycles. The Morgan fingerprint density at radius 1 is 1.59 bits per heavy atom. The summed E-state index contributed by atoms with van der Waals surface area (Å²) in [7, 11) is 1.53. The topological polar surface area (TPSA) is 49.8 Å². The van der Waals surface area contributed by atoms with Gasteiger partial charge in [-0.3, -0.25) is 9.69 Å². The summed E-state index contributed by atoms with van der Waals surface area (Å²) in [6.45, 7) is 1.54. The molecule has 0 spiro atoms. The molecule has 0 radical (unpaired) electrons. The number of carboxylic acids is 1. The van der Waals surface area contributed by atoms with Gasteiger partial charge in [0.1, 0.15) is 11.6 Å². The molecule has 17 heavy (non-hydrogen) atoms. The summed E-state index contributed by atoms with van der Waals surface area (Å²) in [6, 6.07) is 4.35. The number of carboxylic acid groups (broad SMARTS) is 1. The number of nitrogens with zero attached hydrogens (tertiary/aromatic N) is 1. The highest BCUT2D eigenvalue weighted by atomic mass is 19.1. The lowest BCUT2D eigenvalue weighted by Gasteiger charge is -2.36. The number of methoxy groups -OCH3 is 1. The van der Waals surface area contributed by atoms with Crippen LogP contribution in [0.1, 0.15) is 5.56 Å². The minimum absolute atomic E-state index is 0.297. The van der Waals surface area contributed by atoms with Gasteiger partial charge in [0.2, 0.25) is 0 Å². The van der Waals surface area contributed by atoms with E-state index in [9.17, 15) is 9.18 Å². The Bertz CT molecular complexity index is 430. The van der Waals surface area contributed by atoms with Crippen molar-refractivity contribution < 1.29 is 19.0 Å². The highest BCUT2D eigenvalue weighted by Gasteiger charge is 2.32. The van der Waals surface area contributed by atoms with Crippen molar-refractivity contribution in [1.82, 2.24) is 4.90 Å². The van der Waals surface area contributed by atoms with Gasteiger partial charge in [0.05, 0.1) is 13.0 Å². The number of ether oxygens (including phenoxy) is 1. The lowest BCUT2D eigenvalue weighted by molar-refractivity contribution is -0.147. The molecular formula is C12H14FNO3. The van der Waals surface area contributed by atoms with Crippen molar-refractivity contribution in [2.75, 3.05) is 20.2 Å². The minimum Gasteiger partial charge on any atom is -0.496 e. The van der Waals surface area contributed by atoms with E-state index in [-0.39, 0.29) is 11.7 Å². The van der Waals surface area contributed by atoms with E-state index in [1.54, 1.807) is 6.07 Å². The summed E-state index contributed by atoms with van der Waals surface area (Å²) >= 11 is 0. The second-order valence-electron chi connectivity index (χ2n) is 4.19. The molecule has 0 saturated carbocycles. The molecule has 0 unspecified atom stereocenters. The van der Waals surface area contributed by atoms with Crippen LogP contribution in [0.25, 0.3) is 0 Å². The van der Waals surface area contributed by atoms with Crippen LogP contribution in [0.5, 0.6) is 5.75 Å².